The van der Waals surface area contributed by atoms with Gasteiger partial charge in [0.1, 0.15) is 0 Å². The van der Waals surface area contributed by atoms with Gasteiger partial charge in [0, 0.05) is 20.6 Å². The van der Waals surface area contributed by atoms with Crippen molar-refractivity contribution >= 4 is 5.91 Å². The molecule has 1 fully saturated rings. The molecule has 21 heavy (non-hydrogen) atoms. The first-order valence-electron chi connectivity index (χ1n) is 7.75. The second-order valence-corrected chi connectivity index (χ2v) is 5.51. The maximum atomic E-state index is 12.6. The van der Waals surface area contributed by atoms with E-state index >= 15 is 0 Å². The van der Waals surface area contributed by atoms with Crippen LogP contribution in [0.25, 0.3) is 0 Å². The van der Waals surface area contributed by atoms with Gasteiger partial charge in [0.05, 0.1) is 25.3 Å². The van der Waals surface area contributed by atoms with Gasteiger partial charge in [0.15, 0.2) is 0 Å². The largest absolute Gasteiger partial charge is 0.383 e. The van der Waals surface area contributed by atoms with E-state index in [1.54, 1.807) is 14.2 Å². The van der Waals surface area contributed by atoms with Gasteiger partial charge in [-0.2, -0.15) is 0 Å². The van der Waals surface area contributed by atoms with Crippen LogP contribution in [-0.4, -0.2) is 50.3 Å². The summed E-state index contributed by atoms with van der Waals surface area (Å²) < 4.78 is 10.5. The van der Waals surface area contributed by atoms with Crippen LogP contribution < -0.4 is 0 Å². The van der Waals surface area contributed by atoms with Crippen molar-refractivity contribution in [2.75, 3.05) is 27.4 Å². The van der Waals surface area contributed by atoms with E-state index in [2.05, 4.69) is 19.6 Å². The maximum absolute atomic E-state index is 12.6. The maximum Gasteiger partial charge on any atom is 0.227 e. The molecule has 120 valence electrons. The lowest BCUT2D eigenvalue weighted by atomic mass is 10.1. The zero-order valence-corrected chi connectivity index (χ0v) is 13.6. The number of allylic oxidation sites excluding steroid dienone is 2. The molecule has 0 bridgehead atoms. The third-order valence-corrected chi connectivity index (χ3v) is 4.05. The highest BCUT2D eigenvalue weighted by Crippen LogP contribution is 2.26. The smallest absolute Gasteiger partial charge is 0.227 e. The second-order valence-electron chi connectivity index (χ2n) is 5.51. The highest BCUT2D eigenvalue weighted by atomic mass is 16.5. The molecule has 0 aromatic heterocycles. The number of amides is 1. The zero-order valence-electron chi connectivity index (χ0n) is 13.6. The second kappa shape index (κ2) is 9.74. The van der Waals surface area contributed by atoms with Crippen LogP contribution in [0.1, 0.15) is 39.0 Å². The number of carbonyl (C=O) groups is 1. The Morgan fingerprint density at radius 1 is 1.19 bits per heavy atom. The lowest BCUT2D eigenvalue weighted by Gasteiger charge is -2.29. The highest BCUT2D eigenvalue weighted by molar-refractivity contribution is 5.79. The summed E-state index contributed by atoms with van der Waals surface area (Å²) in [6, 6.07) is 0.362. The van der Waals surface area contributed by atoms with E-state index in [0.717, 1.165) is 25.7 Å². The summed E-state index contributed by atoms with van der Waals surface area (Å²) in [7, 11) is 3.37. The fourth-order valence-corrected chi connectivity index (χ4v) is 2.97. The van der Waals surface area contributed by atoms with Gasteiger partial charge in [0.2, 0.25) is 5.91 Å². The zero-order chi connectivity index (χ0) is 15.7. The predicted molar refractivity (Wildman–Crippen MR) is 85.2 cm³/mol. The third kappa shape index (κ3) is 5.29. The van der Waals surface area contributed by atoms with E-state index in [9.17, 15) is 4.79 Å². The molecule has 1 saturated heterocycles. The summed E-state index contributed by atoms with van der Waals surface area (Å²) in [5.41, 5.74) is 1.27. The van der Waals surface area contributed by atoms with Gasteiger partial charge in [-0.1, -0.05) is 24.6 Å². The van der Waals surface area contributed by atoms with E-state index in [0.29, 0.717) is 19.6 Å². The van der Waals surface area contributed by atoms with Crippen molar-refractivity contribution in [3.05, 3.63) is 24.3 Å². The summed E-state index contributed by atoms with van der Waals surface area (Å²) in [5, 5.41) is 0. The van der Waals surface area contributed by atoms with Crippen LogP contribution in [0.15, 0.2) is 24.3 Å². The lowest BCUT2D eigenvalue weighted by molar-refractivity contribution is -0.135. The molecule has 0 N–H and O–H groups in total. The number of methoxy groups -OCH3 is 2. The molecule has 1 amide bonds. The summed E-state index contributed by atoms with van der Waals surface area (Å²) in [6.45, 7) is 7.07. The van der Waals surface area contributed by atoms with Gasteiger partial charge in [0.25, 0.3) is 0 Å². The normalized spacial score (nSPS) is 22.6. The molecule has 0 aromatic rings. The third-order valence-electron chi connectivity index (χ3n) is 4.05. The molecule has 0 aliphatic carbocycles. The number of rotatable bonds is 9. The van der Waals surface area contributed by atoms with Gasteiger partial charge in [-0.3, -0.25) is 4.79 Å². The first-order chi connectivity index (χ1) is 10.2. The van der Waals surface area contributed by atoms with Crippen molar-refractivity contribution in [1.29, 1.82) is 0 Å². The monoisotopic (exact) mass is 295 g/mol. The average Bonchev–Trinajstić information content (AvgIpc) is 2.87. The Hall–Kier alpha value is -1.13. The van der Waals surface area contributed by atoms with Crippen molar-refractivity contribution in [1.82, 2.24) is 4.90 Å². The van der Waals surface area contributed by atoms with Gasteiger partial charge in [-0.05, 0) is 25.7 Å². The minimum atomic E-state index is 0.173. The first-order valence-corrected chi connectivity index (χ1v) is 7.75. The predicted octanol–water partition coefficient (Wildman–Crippen LogP) is 2.94. The fraction of sp³-hybridized carbons (Fsp3) is 0.706. The van der Waals surface area contributed by atoms with Gasteiger partial charge in [-0.25, -0.2) is 0 Å². The molecule has 1 rings (SSSR count). The number of carbonyl (C=O) groups excluding carboxylic acids is 1. The topological polar surface area (TPSA) is 38.8 Å². The van der Waals surface area contributed by atoms with Crippen molar-refractivity contribution in [3.63, 3.8) is 0 Å². The van der Waals surface area contributed by atoms with Crippen molar-refractivity contribution in [3.8, 4) is 0 Å². The Labute approximate surface area is 128 Å². The Morgan fingerprint density at radius 3 is 2.19 bits per heavy atom. The summed E-state index contributed by atoms with van der Waals surface area (Å²) >= 11 is 0. The first kappa shape index (κ1) is 17.9. The molecule has 4 nitrogen and oxygen atoms in total. The van der Waals surface area contributed by atoms with Gasteiger partial charge >= 0.3 is 0 Å². The molecule has 0 unspecified atom stereocenters. The molecule has 2 atom stereocenters. The molecule has 1 aliphatic rings. The van der Waals surface area contributed by atoms with Crippen molar-refractivity contribution < 1.29 is 14.3 Å². The van der Waals surface area contributed by atoms with Crippen LogP contribution in [-0.2, 0) is 14.3 Å². The Kier molecular flexibility index (Phi) is 8.31. The van der Waals surface area contributed by atoms with Gasteiger partial charge in [-0.15, -0.1) is 6.58 Å². The van der Waals surface area contributed by atoms with E-state index in [1.165, 1.54) is 5.57 Å². The minimum absolute atomic E-state index is 0.173. The number of ether oxygens (including phenoxy) is 2. The van der Waals surface area contributed by atoms with Crippen molar-refractivity contribution in [2.24, 2.45) is 0 Å². The number of likely N-dealkylation sites (tertiary alicyclic amines) is 1. The molecule has 0 radical (unpaired) electrons. The van der Waals surface area contributed by atoms with Crippen LogP contribution >= 0.6 is 0 Å². The molecular formula is C17H29NO3. The van der Waals surface area contributed by atoms with Crippen molar-refractivity contribution in [2.45, 2.75) is 51.1 Å². The summed E-state index contributed by atoms with van der Waals surface area (Å²) in [5.74, 6) is 0.173. The average molecular weight is 295 g/mol. The summed E-state index contributed by atoms with van der Waals surface area (Å²) in [6.07, 6.45) is 8.19. The SMILES string of the molecule is C=CCC(=CCC(=O)N1[C@@H](COC)CC[C@@H]1COC)CC. The van der Waals surface area contributed by atoms with Gasteiger partial charge < -0.3 is 14.4 Å². The van der Waals surface area contributed by atoms with E-state index < -0.39 is 0 Å². The van der Waals surface area contributed by atoms with Crippen LogP contribution in [0, 0.1) is 0 Å². The number of hydrogen-bond donors (Lipinski definition) is 0. The Morgan fingerprint density at radius 2 is 1.76 bits per heavy atom. The molecule has 0 spiro atoms. The molecular weight excluding hydrogens is 266 g/mol. The quantitative estimate of drug-likeness (QED) is 0.614. The Balaban J connectivity index is 2.71. The number of hydrogen-bond acceptors (Lipinski definition) is 3. The molecule has 0 aromatic carbocycles. The summed E-state index contributed by atoms with van der Waals surface area (Å²) in [4.78, 5) is 14.6. The highest BCUT2D eigenvalue weighted by Gasteiger charge is 2.36. The Bertz CT molecular complexity index is 351. The van der Waals surface area contributed by atoms with E-state index in [4.69, 9.17) is 9.47 Å². The van der Waals surface area contributed by atoms with Crippen LogP contribution in [0.5, 0.6) is 0 Å². The van der Waals surface area contributed by atoms with E-state index in [-0.39, 0.29) is 18.0 Å². The lowest BCUT2D eigenvalue weighted by Crippen LogP contribution is -2.44. The number of nitrogens with zero attached hydrogens (tertiary/aromatic N) is 1. The van der Waals surface area contributed by atoms with Crippen LogP contribution in [0.3, 0.4) is 0 Å². The van der Waals surface area contributed by atoms with Crippen LogP contribution in [0.2, 0.25) is 0 Å². The standard InChI is InChI=1S/C17H29NO3/c1-5-7-14(6-2)8-11-17(19)18-15(12-20-3)9-10-16(18)13-21-4/h5,8,15-16H,1,6-7,9-13H2,2-4H3/t15-,16-/m1/s1. The van der Waals surface area contributed by atoms with Crippen LogP contribution in [0.4, 0.5) is 0 Å². The van der Waals surface area contributed by atoms with E-state index in [1.807, 2.05) is 11.0 Å². The fourth-order valence-electron chi connectivity index (χ4n) is 2.97. The minimum Gasteiger partial charge on any atom is -0.383 e. The molecule has 4 heteroatoms. The molecule has 1 aliphatic heterocycles. The molecule has 1 heterocycles. The molecule has 0 saturated carbocycles.